The van der Waals surface area contributed by atoms with Crippen LogP contribution in [0.3, 0.4) is 0 Å². The number of alkyl halides is 3. The fourth-order valence-corrected chi connectivity index (χ4v) is 7.07. The van der Waals surface area contributed by atoms with Gasteiger partial charge in [-0.05, 0) is 49.4 Å². The Balaban J connectivity index is 1.18. The number of likely N-dealkylation sites (tertiary alicyclic amines) is 1. The minimum absolute atomic E-state index is 0.0643. The molecule has 0 bridgehead atoms. The molecule has 3 aliphatic heterocycles. The van der Waals surface area contributed by atoms with Gasteiger partial charge in [-0.25, -0.2) is 9.59 Å². The second-order valence-electron chi connectivity index (χ2n) is 12.6. The number of hydrogen-bond donors (Lipinski definition) is 2. The first kappa shape index (κ1) is 32.2. The lowest BCUT2D eigenvalue weighted by Gasteiger charge is -2.44. The lowest BCUT2D eigenvalue weighted by atomic mass is 9.82. The number of anilines is 2. The third kappa shape index (κ3) is 6.57. The van der Waals surface area contributed by atoms with Gasteiger partial charge < -0.3 is 25.0 Å². The van der Waals surface area contributed by atoms with Gasteiger partial charge in [-0.1, -0.05) is 29.8 Å². The van der Waals surface area contributed by atoms with Gasteiger partial charge in [-0.15, -0.1) is 0 Å². The summed E-state index contributed by atoms with van der Waals surface area (Å²) in [5.74, 6) is 0.183. The Morgan fingerprint density at radius 1 is 1.09 bits per heavy atom. The normalized spacial score (nSPS) is 21.2. The Morgan fingerprint density at radius 2 is 1.76 bits per heavy atom. The van der Waals surface area contributed by atoms with Gasteiger partial charge in [0, 0.05) is 70.1 Å². The summed E-state index contributed by atoms with van der Waals surface area (Å²) in [5, 5.41) is 2.39. The van der Waals surface area contributed by atoms with Crippen LogP contribution in [0.5, 0.6) is 0 Å². The van der Waals surface area contributed by atoms with Gasteiger partial charge >= 0.3 is 18.4 Å². The predicted molar refractivity (Wildman–Crippen MR) is 164 cm³/mol. The Hall–Kier alpha value is -3.71. The highest BCUT2D eigenvalue weighted by molar-refractivity contribution is 6.33. The average Bonchev–Trinajstić information content (AvgIpc) is 3.87. The van der Waals surface area contributed by atoms with Crippen molar-refractivity contribution in [3.05, 3.63) is 58.1 Å². The number of para-hydroxylation sites is 1. The molecule has 3 heterocycles. The fourth-order valence-electron chi connectivity index (χ4n) is 6.83. The zero-order valence-electron chi connectivity index (χ0n) is 25.4. The molecule has 2 aromatic carbocycles. The van der Waals surface area contributed by atoms with E-state index in [0.29, 0.717) is 56.7 Å². The van der Waals surface area contributed by atoms with Crippen molar-refractivity contribution in [3.8, 4) is 0 Å². The molecule has 3 N–H and O–H groups in total. The van der Waals surface area contributed by atoms with Crippen LogP contribution >= 0.6 is 11.6 Å². The van der Waals surface area contributed by atoms with Gasteiger partial charge in [0.1, 0.15) is 5.60 Å². The van der Waals surface area contributed by atoms with Crippen molar-refractivity contribution >= 4 is 41.1 Å². The molecule has 4 aliphatic rings. The van der Waals surface area contributed by atoms with E-state index < -0.39 is 47.2 Å². The number of nitrogens with one attached hydrogen (secondary N) is 1. The molecule has 1 saturated carbocycles. The van der Waals surface area contributed by atoms with Crippen LogP contribution in [0.4, 0.5) is 34.1 Å². The zero-order valence-corrected chi connectivity index (χ0v) is 26.2. The van der Waals surface area contributed by atoms with Crippen LogP contribution in [0.1, 0.15) is 49.3 Å². The molecule has 1 unspecified atom stereocenters. The number of piperidine rings is 1. The molecule has 46 heavy (non-hydrogen) atoms. The molecular weight excluding hydrogens is 627 g/mol. The topological polar surface area (TPSA) is 117 Å². The molecule has 2 atom stereocenters. The molecule has 248 valence electrons. The van der Waals surface area contributed by atoms with Crippen LogP contribution in [0.25, 0.3) is 0 Å². The minimum Gasteiger partial charge on any atom is -0.438 e. The monoisotopic (exact) mass is 663 g/mol. The second kappa shape index (κ2) is 12.5. The van der Waals surface area contributed by atoms with Crippen molar-refractivity contribution in [2.45, 2.75) is 63.0 Å². The molecule has 10 nitrogen and oxygen atoms in total. The molecule has 0 aromatic heterocycles. The summed E-state index contributed by atoms with van der Waals surface area (Å²) in [7, 11) is 0. The number of carbonyl (C=O) groups is 3. The van der Waals surface area contributed by atoms with Crippen LogP contribution in [0.15, 0.2) is 36.4 Å². The lowest BCUT2D eigenvalue weighted by Crippen LogP contribution is -2.55. The Morgan fingerprint density at radius 3 is 2.41 bits per heavy atom. The number of nitrogens with two attached hydrogens (primary N) is 1. The van der Waals surface area contributed by atoms with Gasteiger partial charge in [0.2, 0.25) is 0 Å². The minimum atomic E-state index is -4.77. The Labute approximate surface area is 269 Å². The van der Waals surface area contributed by atoms with Crippen molar-refractivity contribution in [3.63, 3.8) is 0 Å². The number of rotatable bonds is 6. The average molecular weight is 664 g/mol. The number of piperazine rings is 1. The van der Waals surface area contributed by atoms with Crippen molar-refractivity contribution in [1.29, 1.82) is 0 Å². The first-order valence-electron chi connectivity index (χ1n) is 15.6. The molecule has 0 radical (unpaired) electrons. The van der Waals surface area contributed by atoms with Crippen LogP contribution in [-0.2, 0) is 32.5 Å². The van der Waals surface area contributed by atoms with Crippen molar-refractivity contribution < 1.29 is 37.0 Å². The molecule has 3 fully saturated rings. The van der Waals surface area contributed by atoms with Crippen molar-refractivity contribution in [1.82, 2.24) is 14.7 Å². The molecule has 2 aromatic rings. The SMILES string of the molecule is CC(C1CC1)N1CCN(C(=O)[C@@H](Cc2cc(Cl)c(N)c(C(F)(F)F)c2)OC(=O)N2CCC3(CC2)OC(=O)Nc2ccccc23)CC1. The lowest BCUT2D eigenvalue weighted by molar-refractivity contribution is -0.143. The van der Waals surface area contributed by atoms with Crippen molar-refractivity contribution in [2.75, 3.05) is 50.3 Å². The van der Waals surface area contributed by atoms with Crippen LogP contribution in [0.2, 0.25) is 5.02 Å². The number of amides is 3. The van der Waals surface area contributed by atoms with E-state index in [4.69, 9.17) is 26.8 Å². The standard InChI is InChI=1S/C32H37ClF3N5O5/c1-19(21-6-7-21)39-12-14-40(15-13-39)28(42)26(18-20-16-23(32(34,35)36)27(37)24(33)17-20)45-30(44)41-10-8-31(9-11-41)22-4-2-3-5-25(22)38-29(43)46-31/h2-5,16-17,19,21,26H,6-15,18,37H2,1H3,(H,38,43)/t19?,26-/m1/s1. The fraction of sp³-hybridized carbons (Fsp3) is 0.531. The maximum absolute atomic E-state index is 13.9. The third-order valence-corrected chi connectivity index (χ3v) is 10.0. The highest BCUT2D eigenvalue weighted by Crippen LogP contribution is 2.44. The molecule has 6 rings (SSSR count). The summed E-state index contributed by atoms with van der Waals surface area (Å²) in [6, 6.07) is 9.84. The van der Waals surface area contributed by atoms with Crippen molar-refractivity contribution in [2.24, 2.45) is 5.92 Å². The van der Waals surface area contributed by atoms with E-state index in [-0.39, 0.29) is 30.1 Å². The third-order valence-electron chi connectivity index (χ3n) is 9.71. The summed E-state index contributed by atoms with van der Waals surface area (Å²) in [6.07, 6.45) is -4.83. The number of nitrogens with zero attached hydrogens (tertiary/aromatic N) is 3. The zero-order chi connectivity index (χ0) is 32.8. The van der Waals surface area contributed by atoms with Crippen LogP contribution < -0.4 is 11.1 Å². The smallest absolute Gasteiger partial charge is 0.418 e. The van der Waals surface area contributed by atoms with E-state index in [0.717, 1.165) is 11.6 Å². The summed E-state index contributed by atoms with van der Waals surface area (Å²) >= 11 is 6.08. The number of fused-ring (bicyclic) bond motifs is 2. The molecule has 14 heteroatoms. The maximum Gasteiger partial charge on any atom is 0.418 e. The maximum atomic E-state index is 13.9. The largest absolute Gasteiger partial charge is 0.438 e. The molecule has 2 saturated heterocycles. The molecule has 3 amide bonds. The second-order valence-corrected chi connectivity index (χ2v) is 13.0. The van der Waals surface area contributed by atoms with Gasteiger partial charge in [-0.3, -0.25) is 15.0 Å². The van der Waals surface area contributed by atoms with Gasteiger partial charge in [-0.2, -0.15) is 13.2 Å². The van der Waals surface area contributed by atoms with E-state index in [2.05, 4.69) is 17.1 Å². The Bertz CT molecular complexity index is 1500. The van der Waals surface area contributed by atoms with E-state index in [1.54, 1.807) is 17.0 Å². The predicted octanol–water partition coefficient (Wildman–Crippen LogP) is 5.48. The van der Waals surface area contributed by atoms with E-state index in [1.807, 2.05) is 12.1 Å². The highest BCUT2D eigenvalue weighted by Gasteiger charge is 2.46. The summed E-state index contributed by atoms with van der Waals surface area (Å²) < 4.78 is 52.7. The van der Waals surface area contributed by atoms with E-state index >= 15 is 0 Å². The first-order valence-corrected chi connectivity index (χ1v) is 16.0. The van der Waals surface area contributed by atoms with E-state index in [1.165, 1.54) is 23.8 Å². The number of nitrogen functional groups attached to an aromatic ring is 1. The number of hydrogen-bond acceptors (Lipinski definition) is 7. The highest BCUT2D eigenvalue weighted by atomic mass is 35.5. The molecular formula is C32H37ClF3N5O5. The quantitative estimate of drug-likeness (QED) is 0.393. The summed E-state index contributed by atoms with van der Waals surface area (Å²) in [5.41, 5.74) is 4.50. The van der Waals surface area contributed by atoms with E-state index in [9.17, 15) is 27.6 Å². The van der Waals surface area contributed by atoms with Gasteiger partial charge in [0.25, 0.3) is 5.91 Å². The van der Waals surface area contributed by atoms with Gasteiger partial charge in [0.15, 0.2) is 6.10 Å². The van der Waals surface area contributed by atoms with Crippen LogP contribution in [-0.4, -0.2) is 84.2 Å². The molecule has 1 aliphatic carbocycles. The molecule has 1 spiro atoms. The number of carbonyl (C=O) groups excluding carboxylic acids is 3. The number of benzene rings is 2. The number of ether oxygens (including phenoxy) is 2. The van der Waals surface area contributed by atoms with Gasteiger partial charge in [0.05, 0.1) is 22.0 Å². The number of halogens is 4. The Kier molecular flexibility index (Phi) is 8.75. The first-order chi connectivity index (χ1) is 21.8. The summed E-state index contributed by atoms with van der Waals surface area (Å²) in [6.45, 7) is 4.65. The summed E-state index contributed by atoms with van der Waals surface area (Å²) in [4.78, 5) is 45.1. The van der Waals surface area contributed by atoms with Crippen LogP contribution in [0, 0.1) is 5.92 Å².